The summed E-state index contributed by atoms with van der Waals surface area (Å²) in [6.07, 6.45) is 0. The Morgan fingerprint density at radius 3 is 2.33 bits per heavy atom. The monoisotopic (exact) mass is 281 g/mol. The van der Waals surface area contributed by atoms with Crippen LogP contribution in [0.3, 0.4) is 0 Å². The number of carboxylic acid groups (broad SMARTS) is 1. The van der Waals surface area contributed by atoms with Gasteiger partial charge in [-0.1, -0.05) is 36.4 Å². The van der Waals surface area contributed by atoms with Crippen LogP contribution in [-0.2, 0) is 4.79 Å². The SMILES string of the molecule is O=C1Nc2cc(C(=O)O)ccc2/C1=C(\O)c1ccccc1. The number of anilines is 1. The van der Waals surface area contributed by atoms with E-state index >= 15 is 0 Å². The number of hydrogen-bond donors (Lipinski definition) is 3. The number of aromatic carboxylic acids is 1. The molecule has 1 amide bonds. The molecule has 1 heterocycles. The first kappa shape index (κ1) is 12.9. The van der Waals surface area contributed by atoms with Gasteiger partial charge in [-0.3, -0.25) is 4.79 Å². The summed E-state index contributed by atoms with van der Waals surface area (Å²) in [7, 11) is 0. The number of carbonyl (C=O) groups is 2. The van der Waals surface area contributed by atoms with E-state index in [1.54, 1.807) is 24.3 Å². The van der Waals surface area contributed by atoms with Gasteiger partial charge in [0.15, 0.2) is 0 Å². The Morgan fingerprint density at radius 1 is 0.952 bits per heavy atom. The van der Waals surface area contributed by atoms with Gasteiger partial charge in [-0.25, -0.2) is 4.79 Å². The third-order valence-electron chi connectivity index (χ3n) is 3.30. The number of aliphatic hydroxyl groups excluding tert-OH is 1. The molecule has 0 saturated carbocycles. The number of aliphatic hydroxyl groups is 1. The molecule has 104 valence electrons. The molecule has 5 nitrogen and oxygen atoms in total. The average Bonchev–Trinajstić information content (AvgIpc) is 2.82. The molecular formula is C16H11NO4. The summed E-state index contributed by atoms with van der Waals surface area (Å²) >= 11 is 0. The molecule has 0 saturated heterocycles. The first-order chi connectivity index (χ1) is 10.1. The summed E-state index contributed by atoms with van der Waals surface area (Å²) in [4.78, 5) is 23.0. The van der Waals surface area contributed by atoms with Crippen molar-refractivity contribution in [1.82, 2.24) is 0 Å². The molecule has 0 atom stereocenters. The third kappa shape index (κ3) is 2.14. The number of rotatable bonds is 2. The zero-order valence-electron chi connectivity index (χ0n) is 10.8. The highest BCUT2D eigenvalue weighted by Gasteiger charge is 2.28. The molecule has 0 aromatic heterocycles. The molecule has 0 fully saturated rings. The smallest absolute Gasteiger partial charge is 0.335 e. The van der Waals surface area contributed by atoms with Crippen molar-refractivity contribution in [1.29, 1.82) is 0 Å². The lowest BCUT2D eigenvalue weighted by atomic mass is 10.0. The molecule has 2 aromatic carbocycles. The first-order valence-corrected chi connectivity index (χ1v) is 6.25. The Hall–Kier alpha value is -3.08. The van der Waals surface area contributed by atoms with Gasteiger partial charge in [-0.2, -0.15) is 0 Å². The summed E-state index contributed by atoms with van der Waals surface area (Å²) in [5, 5.41) is 21.9. The maximum Gasteiger partial charge on any atom is 0.335 e. The molecular weight excluding hydrogens is 270 g/mol. The van der Waals surface area contributed by atoms with Crippen molar-refractivity contribution in [2.45, 2.75) is 0 Å². The number of carboxylic acids is 1. The van der Waals surface area contributed by atoms with Crippen molar-refractivity contribution >= 4 is 28.9 Å². The van der Waals surface area contributed by atoms with Gasteiger partial charge >= 0.3 is 5.97 Å². The standard InChI is InChI=1S/C16H11NO4/c18-14(9-4-2-1-3-5-9)13-11-7-6-10(16(20)21)8-12(11)17-15(13)19/h1-8,18H,(H,17,19)(H,20,21)/b14-13+. The fourth-order valence-corrected chi connectivity index (χ4v) is 2.28. The van der Waals surface area contributed by atoms with Gasteiger partial charge in [-0.15, -0.1) is 0 Å². The zero-order chi connectivity index (χ0) is 15.0. The second-order valence-corrected chi connectivity index (χ2v) is 4.61. The van der Waals surface area contributed by atoms with E-state index in [1.807, 2.05) is 6.07 Å². The first-order valence-electron chi connectivity index (χ1n) is 6.25. The Morgan fingerprint density at radius 2 is 1.67 bits per heavy atom. The normalized spacial score (nSPS) is 15.3. The largest absolute Gasteiger partial charge is 0.506 e. The highest BCUT2D eigenvalue weighted by atomic mass is 16.4. The predicted molar refractivity (Wildman–Crippen MR) is 77.9 cm³/mol. The van der Waals surface area contributed by atoms with Crippen LogP contribution in [0, 0.1) is 0 Å². The lowest BCUT2D eigenvalue weighted by Crippen LogP contribution is -2.06. The molecule has 1 aliphatic rings. The molecule has 0 bridgehead atoms. The molecule has 0 spiro atoms. The van der Waals surface area contributed by atoms with Gasteiger partial charge in [-0.05, 0) is 12.1 Å². The van der Waals surface area contributed by atoms with Crippen LogP contribution < -0.4 is 5.32 Å². The topological polar surface area (TPSA) is 86.6 Å². The van der Waals surface area contributed by atoms with E-state index in [2.05, 4.69) is 5.32 Å². The Balaban J connectivity index is 2.15. The van der Waals surface area contributed by atoms with Crippen LogP contribution >= 0.6 is 0 Å². The fourth-order valence-electron chi connectivity index (χ4n) is 2.28. The van der Waals surface area contributed by atoms with E-state index in [0.29, 0.717) is 16.8 Å². The van der Waals surface area contributed by atoms with Crippen LogP contribution in [0.4, 0.5) is 5.69 Å². The quantitative estimate of drug-likeness (QED) is 0.583. The van der Waals surface area contributed by atoms with Gasteiger partial charge in [0.25, 0.3) is 5.91 Å². The Kier molecular flexibility index (Phi) is 2.95. The summed E-state index contributed by atoms with van der Waals surface area (Å²) in [6, 6.07) is 13.0. The van der Waals surface area contributed by atoms with E-state index < -0.39 is 11.9 Å². The van der Waals surface area contributed by atoms with Crippen LogP contribution in [0.2, 0.25) is 0 Å². The van der Waals surface area contributed by atoms with Gasteiger partial charge in [0.05, 0.1) is 16.8 Å². The molecule has 0 unspecified atom stereocenters. The Bertz CT molecular complexity index is 778. The summed E-state index contributed by atoms with van der Waals surface area (Å²) in [6.45, 7) is 0. The second-order valence-electron chi connectivity index (χ2n) is 4.61. The number of hydrogen-bond acceptors (Lipinski definition) is 3. The van der Waals surface area contributed by atoms with E-state index in [9.17, 15) is 14.7 Å². The molecule has 2 aromatic rings. The molecule has 21 heavy (non-hydrogen) atoms. The molecule has 5 heteroatoms. The third-order valence-corrected chi connectivity index (χ3v) is 3.30. The molecule has 0 aliphatic carbocycles. The number of fused-ring (bicyclic) bond motifs is 1. The van der Waals surface area contributed by atoms with Gasteiger partial charge in [0, 0.05) is 11.1 Å². The van der Waals surface area contributed by atoms with Crippen LogP contribution in [0.1, 0.15) is 21.5 Å². The lowest BCUT2D eigenvalue weighted by molar-refractivity contribution is -0.110. The minimum atomic E-state index is -1.07. The number of benzene rings is 2. The molecule has 3 rings (SSSR count). The van der Waals surface area contributed by atoms with Crippen molar-refractivity contribution < 1.29 is 19.8 Å². The Labute approximate surface area is 120 Å². The van der Waals surface area contributed by atoms with E-state index in [1.165, 1.54) is 18.2 Å². The van der Waals surface area contributed by atoms with Gasteiger partial charge in [0.1, 0.15) is 5.76 Å². The number of amides is 1. The summed E-state index contributed by atoms with van der Waals surface area (Å²) in [5.74, 6) is -1.65. The van der Waals surface area contributed by atoms with E-state index in [4.69, 9.17) is 5.11 Å². The van der Waals surface area contributed by atoms with Crippen molar-refractivity contribution in [3.8, 4) is 0 Å². The van der Waals surface area contributed by atoms with Gasteiger partial charge in [0.2, 0.25) is 0 Å². The molecule has 1 aliphatic heterocycles. The minimum Gasteiger partial charge on any atom is -0.506 e. The maximum absolute atomic E-state index is 12.1. The second kappa shape index (κ2) is 4.79. The highest BCUT2D eigenvalue weighted by Crippen LogP contribution is 2.36. The van der Waals surface area contributed by atoms with E-state index in [-0.39, 0.29) is 16.9 Å². The van der Waals surface area contributed by atoms with Crippen LogP contribution in [0.15, 0.2) is 48.5 Å². The van der Waals surface area contributed by atoms with Crippen molar-refractivity contribution in [3.05, 3.63) is 65.2 Å². The summed E-state index contributed by atoms with van der Waals surface area (Å²) < 4.78 is 0. The van der Waals surface area contributed by atoms with Crippen molar-refractivity contribution in [2.75, 3.05) is 5.32 Å². The van der Waals surface area contributed by atoms with Crippen LogP contribution in [0.5, 0.6) is 0 Å². The predicted octanol–water partition coefficient (Wildman–Crippen LogP) is 2.76. The minimum absolute atomic E-state index is 0.0782. The van der Waals surface area contributed by atoms with Crippen LogP contribution in [0.25, 0.3) is 11.3 Å². The molecule has 3 N–H and O–H groups in total. The number of carbonyl (C=O) groups excluding carboxylic acids is 1. The summed E-state index contributed by atoms with van der Waals surface area (Å²) in [5.41, 5.74) is 1.63. The zero-order valence-corrected chi connectivity index (χ0v) is 10.8. The van der Waals surface area contributed by atoms with Crippen molar-refractivity contribution in [2.24, 2.45) is 0 Å². The highest BCUT2D eigenvalue weighted by molar-refractivity contribution is 6.36. The fraction of sp³-hybridized carbons (Fsp3) is 0. The molecule has 0 radical (unpaired) electrons. The number of nitrogens with one attached hydrogen (secondary N) is 1. The maximum atomic E-state index is 12.1. The van der Waals surface area contributed by atoms with E-state index in [0.717, 1.165) is 0 Å². The van der Waals surface area contributed by atoms with Gasteiger partial charge < -0.3 is 15.5 Å². The van der Waals surface area contributed by atoms with Crippen molar-refractivity contribution in [3.63, 3.8) is 0 Å². The lowest BCUT2D eigenvalue weighted by Gasteiger charge is -2.04. The average molecular weight is 281 g/mol. The van der Waals surface area contributed by atoms with Crippen LogP contribution in [-0.4, -0.2) is 22.1 Å².